The van der Waals surface area contributed by atoms with E-state index in [0.717, 1.165) is 15.6 Å². The van der Waals surface area contributed by atoms with E-state index in [1.807, 2.05) is 18.2 Å². The van der Waals surface area contributed by atoms with Crippen molar-refractivity contribution in [3.63, 3.8) is 0 Å². The molecule has 4 heteroatoms. The molecule has 0 spiro atoms. The van der Waals surface area contributed by atoms with E-state index >= 15 is 0 Å². The Morgan fingerprint density at radius 1 is 1.19 bits per heavy atom. The number of rotatable bonds is 2. The fourth-order valence-corrected chi connectivity index (χ4v) is 2.78. The van der Waals surface area contributed by atoms with Gasteiger partial charge in [-0.2, -0.15) is 0 Å². The molecule has 0 saturated carbocycles. The van der Waals surface area contributed by atoms with Crippen LogP contribution in [0.1, 0.15) is 31.9 Å². The Morgan fingerprint density at radius 3 is 2.19 bits per heavy atom. The molecule has 0 N–H and O–H groups in total. The molecule has 1 rings (SSSR count). The molecule has 90 valence electrons. The van der Waals surface area contributed by atoms with E-state index in [1.165, 1.54) is 6.26 Å². The largest absolute Gasteiger partial charge is 0.229 e. The SMILES string of the molecule is CC(C)(C)c1cc(Br)cc(CS(C)(=O)=O)c1. The zero-order chi connectivity index (χ0) is 12.6. The summed E-state index contributed by atoms with van der Waals surface area (Å²) in [5.74, 6) is 0.0928. The lowest BCUT2D eigenvalue weighted by Crippen LogP contribution is -2.12. The summed E-state index contributed by atoms with van der Waals surface area (Å²) in [5, 5.41) is 0. The second-order valence-corrected chi connectivity index (χ2v) is 8.22. The van der Waals surface area contributed by atoms with Gasteiger partial charge in [0.05, 0.1) is 5.75 Å². The van der Waals surface area contributed by atoms with Crippen LogP contribution in [0.5, 0.6) is 0 Å². The van der Waals surface area contributed by atoms with Crippen molar-refractivity contribution in [3.05, 3.63) is 33.8 Å². The first-order valence-electron chi connectivity index (χ1n) is 5.05. The van der Waals surface area contributed by atoms with Gasteiger partial charge in [-0.15, -0.1) is 0 Å². The van der Waals surface area contributed by atoms with E-state index in [1.54, 1.807) is 0 Å². The summed E-state index contributed by atoms with van der Waals surface area (Å²) in [6, 6.07) is 5.86. The molecule has 0 atom stereocenters. The molecule has 1 aromatic rings. The van der Waals surface area contributed by atoms with Gasteiger partial charge in [0.25, 0.3) is 0 Å². The fourth-order valence-electron chi connectivity index (χ4n) is 1.47. The molecule has 0 aliphatic heterocycles. The first kappa shape index (κ1) is 13.7. The molecular weight excluding hydrogens is 288 g/mol. The maximum Gasteiger partial charge on any atom is 0.151 e. The minimum Gasteiger partial charge on any atom is -0.229 e. The summed E-state index contributed by atoms with van der Waals surface area (Å²) in [5.41, 5.74) is 2.00. The Labute approximate surface area is 106 Å². The molecule has 16 heavy (non-hydrogen) atoms. The van der Waals surface area contributed by atoms with E-state index in [0.29, 0.717) is 0 Å². The zero-order valence-electron chi connectivity index (χ0n) is 10.0. The highest BCUT2D eigenvalue weighted by molar-refractivity contribution is 9.10. The maximum atomic E-state index is 11.3. The summed E-state index contributed by atoms with van der Waals surface area (Å²) in [6.07, 6.45) is 1.25. The maximum absolute atomic E-state index is 11.3. The molecule has 0 radical (unpaired) electrons. The molecule has 0 unspecified atom stereocenters. The first-order chi connectivity index (χ1) is 7.08. The quantitative estimate of drug-likeness (QED) is 0.840. The van der Waals surface area contributed by atoms with Crippen LogP contribution in [0, 0.1) is 0 Å². The predicted molar refractivity (Wildman–Crippen MR) is 71.4 cm³/mol. The lowest BCUT2D eigenvalue weighted by atomic mass is 9.86. The molecule has 0 heterocycles. The molecule has 0 fully saturated rings. The Morgan fingerprint density at radius 2 is 1.75 bits per heavy atom. The van der Waals surface area contributed by atoms with Gasteiger partial charge in [0.2, 0.25) is 0 Å². The van der Waals surface area contributed by atoms with Gasteiger partial charge in [-0.05, 0) is 28.7 Å². The molecule has 0 saturated heterocycles. The van der Waals surface area contributed by atoms with Crippen LogP contribution in [0.4, 0.5) is 0 Å². The minimum atomic E-state index is -2.98. The van der Waals surface area contributed by atoms with Crippen molar-refractivity contribution in [2.24, 2.45) is 0 Å². The summed E-state index contributed by atoms with van der Waals surface area (Å²) in [4.78, 5) is 0. The summed E-state index contributed by atoms with van der Waals surface area (Å²) < 4.78 is 23.4. The number of hydrogen-bond donors (Lipinski definition) is 0. The normalized spacial score (nSPS) is 12.8. The number of sulfone groups is 1. The average Bonchev–Trinajstić information content (AvgIpc) is 1.97. The second-order valence-electron chi connectivity index (χ2n) is 5.17. The minimum absolute atomic E-state index is 0.0238. The van der Waals surface area contributed by atoms with Crippen LogP contribution in [-0.2, 0) is 21.0 Å². The van der Waals surface area contributed by atoms with Gasteiger partial charge in [-0.1, -0.05) is 42.8 Å². The number of benzene rings is 1. The van der Waals surface area contributed by atoms with Crippen LogP contribution in [0.3, 0.4) is 0 Å². The second kappa shape index (κ2) is 4.49. The average molecular weight is 305 g/mol. The standard InChI is InChI=1S/C12H17BrO2S/c1-12(2,3)10-5-9(6-11(13)7-10)8-16(4,14)15/h5-7H,8H2,1-4H3. The van der Waals surface area contributed by atoms with Gasteiger partial charge in [0.15, 0.2) is 9.84 Å². The number of hydrogen-bond acceptors (Lipinski definition) is 2. The van der Waals surface area contributed by atoms with Crippen LogP contribution >= 0.6 is 15.9 Å². The van der Waals surface area contributed by atoms with Crippen molar-refractivity contribution >= 4 is 25.8 Å². The first-order valence-corrected chi connectivity index (χ1v) is 7.91. The van der Waals surface area contributed by atoms with Crippen molar-refractivity contribution < 1.29 is 8.42 Å². The van der Waals surface area contributed by atoms with Crippen molar-refractivity contribution in [2.75, 3.05) is 6.26 Å². The number of halogens is 1. The van der Waals surface area contributed by atoms with Crippen molar-refractivity contribution in [2.45, 2.75) is 31.9 Å². The molecular formula is C12H17BrO2S. The third-order valence-corrected chi connectivity index (χ3v) is 3.57. The molecule has 0 aliphatic rings. The van der Waals surface area contributed by atoms with E-state index in [9.17, 15) is 8.42 Å². The summed E-state index contributed by atoms with van der Waals surface area (Å²) in [7, 11) is -2.98. The monoisotopic (exact) mass is 304 g/mol. The highest BCUT2D eigenvalue weighted by Crippen LogP contribution is 2.27. The van der Waals surface area contributed by atoms with Crippen LogP contribution < -0.4 is 0 Å². The molecule has 2 nitrogen and oxygen atoms in total. The van der Waals surface area contributed by atoms with Crippen LogP contribution in [-0.4, -0.2) is 14.7 Å². The molecule has 0 aromatic heterocycles. The smallest absolute Gasteiger partial charge is 0.151 e. The van der Waals surface area contributed by atoms with Gasteiger partial charge in [-0.3, -0.25) is 0 Å². The Kier molecular flexibility index (Phi) is 3.85. The lowest BCUT2D eigenvalue weighted by Gasteiger charge is -2.20. The van der Waals surface area contributed by atoms with Crippen LogP contribution in [0.25, 0.3) is 0 Å². The highest BCUT2D eigenvalue weighted by atomic mass is 79.9. The molecule has 0 bridgehead atoms. The predicted octanol–water partition coefficient (Wildman–Crippen LogP) is 3.29. The van der Waals surface area contributed by atoms with E-state index in [-0.39, 0.29) is 11.2 Å². The zero-order valence-corrected chi connectivity index (χ0v) is 12.4. The van der Waals surface area contributed by atoms with Crippen LogP contribution in [0.15, 0.2) is 22.7 Å². The Bertz CT molecular complexity index is 484. The molecule has 1 aromatic carbocycles. The van der Waals surface area contributed by atoms with Gasteiger partial charge < -0.3 is 0 Å². The Balaban J connectivity index is 3.19. The van der Waals surface area contributed by atoms with E-state index in [2.05, 4.69) is 36.7 Å². The Hall–Kier alpha value is -0.350. The van der Waals surface area contributed by atoms with Gasteiger partial charge in [0, 0.05) is 10.7 Å². The van der Waals surface area contributed by atoms with Crippen LogP contribution in [0.2, 0.25) is 0 Å². The fraction of sp³-hybridized carbons (Fsp3) is 0.500. The molecule has 0 amide bonds. The third kappa shape index (κ3) is 4.26. The van der Waals surface area contributed by atoms with Gasteiger partial charge in [-0.25, -0.2) is 8.42 Å². The van der Waals surface area contributed by atoms with Gasteiger partial charge in [0.1, 0.15) is 0 Å². The summed E-state index contributed by atoms with van der Waals surface area (Å²) >= 11 is 3.42. The molecule has 0 aliphatic carbocycles. The van der Waals surface area contributed by atoms with Crippen molar-refractivity contribution in [1.29, 1.82) is 0 Å². The topological polar surface area (TPSA) is 34.1 Å². The van der Waals surface area contributed by atoms with E-state index < -0.39 is 9.84 Å². The highest BCUT2D eigenvalue weighted by Gasteiger charge is 2.16. The van der Waals surface area contributed by atoms with E-state index in [4.69, 9.17) is 0 Å². The van der Waals surface area contributed by atoms with Crippen molar-refractivity contribution in [1.82, 2.24) is 0 Å². The van der Waals surface area contributed by atoms with Gasteiger partial charge >= 0.3 is 0 Å². The third-order valence-electron chi connectivity index (χ3n) is 2.25. The van der Waals surface area contributed by atoms with Crippen molar-refractivity contribution in [3.8, 4) is 0 Å². The summed E-state index contributed by atoms with van der Waals surface area (Å²) in [6.45, 7) is 6.33. The lowest BCUT2D eigenvalue weighted by molar-refractivity contribution is 0.587.